The topological polar surface area (TPSA) is 45.2 Å². The summed E-state index contributed by atoms with van der Waals surface area (Å²) in [5.74, 6) is 2.52. The molecule has 1 heterocycles. The summed E-state index contributed by atoms with van der Waals surface area (Å²) in [5, 5.41) is 10.4. The molecule has 4 saturated carbocycles. The number of hydrogen-bond acceptors (Lipinski definition) is 5. The van der Waals surface area contributed by atoms with Crippen LogP contribution in [0.1, 0.15) is 38.5 Å². The number of aliphatic hydroxyl groups excluding tert-OH is 1. The Morgan fingerprint density at radius 1 is 0.968 bits per heavy atom. The molecule has 4 bridgehead atoms. The fourth-order valence-corrected chi connectivity index (χ4v) is 6.97. The van der Waals surface area contributed by atoms with Crippen molar-refractivity contribution in [3.8, 4) is 0 Å². The quantitative estimate of drug-likeness (QED) is 0.607. The molecule has 1 aromatic carbocycles. The molecule has 0 radical (unpaired) electrons. The van der Waals surface area contributed by atoms with E-state index in [4.69, 9.17) is 9.47 Å². The normalized spacial score (nSPS) is 33.7. The van der Waals surface area contributed by atoms with Crippen LogP contribution >= 0.6 is 0 Å². The van der Waals surface area contributed by atoms with Crippen molar-refractivity contribution < 1.29 is 19.0 Å². The Labute approximate surface area is 185 Å². The van der Waals surface area contributed by atoms with E-state index < -0.39 is 6.10 Å². The highest BCUT2D eigenvalue weighted by Gasteiger charge is 2.51. The van der Waals surface area contributed by atoms with Gasteiger partial charge in [-0.15, -0.1) is 0 Å². The third-order valence-electron chi connectivity index (χ3n) is 7.96. The Kier molecular flexibility index (Phi) is 6.52. The van der Waals surface area contributed by atoms with E-state index in [1.54, 1.807) is 6.07 Å². The van der Waals surface area contributed by atoms with Crippen molar-refractivity contribution in [2.24, 2.45) is 17.8 Å². The Morgan fingerprint density at radius 3 is 2.26 bits per heavy atom. The molecule has 0 aromatic heterocycles. The SMILES string of the molecule is OC(COCCOC12CC3CC(CC(C3)C1)C2)CN1CCN(c2ccccc2F)CC1. The first-order valence-electron chi connectivity index (χ1n) is 12.2. The summed E-state index contributed by atoms with van der Waals surface area (Å²) in [4.78, 5) is 4.31. The lowest BCUT2D eigenvalue weighted by atomic mass is 9.54. The van der Waals surface area contributed by atoms with Crippen LogP contribution in [0.3, 0.4) is 0 Å². The number of β-amino-alcohol motifs (C(OH)–C–C–N with tert-alkyl or cyclic N) is 1. The van der Waals surface area contributed by atoms with Crippen LogP contribution in [0.2, 0.25) is 0 Å². The molecule has 6 rings (SSSR count). The average molecular weight is 433 g/mol. The summed E-state index contributed by atoms with van der Waals surface area (Å²) in [6.07, 6.45) is 7.54. The first-order valence-corrected chi connectivity index (χ1v) is 12.2. The lowest BCUT2D eigenvalue weighted by Crippen LogP contribution is -2.52. The summed E-state index contributed by atoms with van der Waals surface area (Å²) in [5.41, 5.74) is 0.805. The number of halogens is 1. The second-order valence-corrected chi connectivity index (χ2v) is 10.4. The number of nitrogens with zero attached hydrogens (tertiary/aromatic N) is 2. The molecule has 1 unspecified atom stereocenters. The number of aliphatic hydroxyl groups is 1. The highest BCUT2D eigenvalue weighted by atomic mass is 19.1. The van der Waals surface area contributed by atoms with E-state index in [1.807, 2.05) is 12.1 Å². The van der Waals surface area contributed by atoms with Crippen molar-refractivity contribution in [1.29, 1.82) is 0 Å². The average Bonchev–Trinajstić information content (AvgIpc) is 2.73. The van der Waals surface area contributed by atoms with Gasteiger partial charge in [0.05, 0.1) is 37.2 Å². The first-order chi connectivity index (χ1) is 15.1. The van der Waals surface area contributed by atoms with E-state index in [2.05, 4.69) is 9.80 Å². The molecule has 6 heteroatoms. The van der Waals surface area contributed by atoms with Crippen molar-refractivity contribution in [3.05, 3.63) is 30.1 Å². The zero-order valence-corrected chi connectivity index (χ0v) is 18.6. The van der Waals surface area contributed by atoms with Gasteiger partial charge in [-0.1, -0.05) is 12.1 Å². The molecule has 0 amide bonds. The third-order valence-corrected chi connectivity index (χ3v) is 7.96. The number of hydrogen-bond donors (Lipinski definition) is 1. The van der Waals surface area contributed by atoms with Gasteiger partial charge in [-0.2, -0.15) is 0 Å². The molecule has 4 aliphatic carbocycles. The fourth-order valence-electron chi connectivity index (χ4n) is 6.97. The summed E-state index contributed by atoms with van der Waals surface area (Å²) in [7, 11) is 0. The maximum absolute atomic E-state index is 14.0. The van der Waals surface area contributed by atoms with E-state index in [0.29, 0.717) is 32.1 Å². The summed E-state index contributed by atoms with van der Waals surface area (Å²) in [6.45, 7) is 5.32. The van der Waals surface area contributed by atoms with Gasteiger partial charge in [0.25, 0.3) is 0 Å². The predicted octanol–water partition coefficient (Wildman–Crippen LogP) is 3.31. The van der Waals surface area contributed by atoms with Gasteiger partial charge in [0.2, 0.25) is 0 Å². The zero-order chi connectivity index (χ0) is 21.3. The monoisotopic (exact) mass is 432 g/mol. The number of rotatable bonds is 9. The first kappa shape index (κ1) is 21.6. The minimum absolute atomic E-state index is 0.134. The van der Waals surface area contributed by atoms with Crippen molar-refractivity contribution in [3.63, 3.8) is 0 Å². The molecule has 0 spiro atoms. The van der Waals surface area contributed by atoms with Gasteiger partial charge in [0.1, 0.15) is 5.82 Å². The van der Waals surface area contributed by atoms with Crippen LogP contribution in [0, 0.1) is 23.6 Å². The van der Waals surface area contributed by atoms with Crippen molar-refractivity contribution in [1.82, 2.24) is 4.90 Å². The van der Waals surface area contributed by atoms with E-state index in [1.165, 1.54) is 44.6 Å². The van der Waals surface area contributed by atoms with Crippen molar-refractivity contribution in [2.75, 3.05) is 57.4 Å². The molecule has 1 N–H and O–H groups in total. The Morgan fingerprint density at radius 2 is 1.61 bits per heavy atom. The molecular weight excluding hydrogens is 395 g/mol. The molecule has 1 aromatic rings. The van der Waals surface area contributed by atoms with Crippen LogP contribution in [0.4, 0.5) is 10.1 Å². The van der Waals surface area contributed by atoms with Crippen molar-refractivity contribution in [2.45, 2.75) is 50.2 Å². The molecule has 5 aliphatic rings. The summed E-state index contributed by atoms with van der Waals surface area (Å²) in [6, 6.07) is 6.94. The summed E-state index contributed by atoms with van der Waals surface area (Å²) >= 11 is 0. The standard InChI is InChI=1S/C25H37FN2O3/c26-23-3-1-2-4-24(23)28-7-5-27(6-8-28)17-22(29)18-30-9-10-31-25-14-19-11-20(15-25)13-21(12-19)16-25/h1-4,19-22,29H,5-18H2. The number of ether oxygens (including phenoxy) is 2. The van der Waals surface area contributed by atoms with Gasteiger partial charge in [-0.3, -0.25) is 4.90 Å². The Bertz CT molecular complexity index is 702. The summed E-state index contributed by atoms with van der Waals surface area (Å²) < 4.78 is 26.1. The molecule has 1 atom stereocenters. The third kappa shape index (κ3) is 5.08. The molecule has 31 heavy (non-hydrogen) atoms. The van der Waals surface area contributed by atoms with Crippen LogP contribution in [-0.2, 0) is 9.47 Å². The number of para-hydroxylation sites is 1. The van der Waals surface area contributed by atoms with Crippen LogP contribution < -0.4 is 4.90 Å². The molecule has 5 fully saturated rings. The Balaban J connectivity index is 0.970. The molecule has 1 saturated heterocycles. The van der Waals surface area contributed by atoms with E-state index in [0.717, 1.165) is 43.9 Å². The second kappa shape index (κ2) is 9.34. The number of anilines is 1. The fraction of sp³-hybridized carbons (Fsp3) is 0.760. The van der Waals surface area contributed by atoms with Gasteiger partial charge < -0.3 is 19.5 Å². The smallest absolute Gasteiger partial charge is 0.146 e. The van der Waals surface area contributed by atoms with Gasteiger partial charge in [0.15, 0.2) is 0 Å². The maximum Gasteiger partial charge on any atom is 0.146 e. The van der Waals surface area contributed by atoms with Gasteiger partial charge in [0, 0.05) is 32.7 Å². The molecular formula is C25H37FN2O3. The van der Waals surface area contributed by atoms with Gasteiger partial charge >= 0.3 is 0 Å². The van der Waals surface area contributed by atoms with Gasteiger partial charge in [-0.25, -0.2) is 4.39 Å². The van der Waals surface area contributed by atoms with E-state index in [9.17, 15) is 9.50 Å². The van der Waals surface area contributed by atoms with Crippen LogP contribution in [-0.4, -0.2) is 74.3 Å². The molecule has 1 aliphatic heterocycles. The van der Waals surface area contributed by atoms with E-state index >= 15 is 0 Å². The van der Waals surface area contributed by atoms with Crippen molar-refractivity contribution >= 4 is 5.69 Å². The largest absolute Gasteiger partial charge is 0.389 e. The highest BCUT2D eigenvalue weighted by Crippen LogP contribution is 2.57. The lowest BCUT2D eigenvalue weighted by molar-refractivity contribution is -0.170. The maximum atomic E-state index is 14.0. The lowest BCUT2D eigenvalue weighted by Gasteiger charge is -2.56. The predicted molar refractivity (Wildman–Crippen MR) is 119 cm³/mol. The molecule has 5 nitrogen and oxygen atoms in total. The van der Waals surface area contributed by atoms with Gasteiger partial charge in [-0.05, 0) is 68.4 Å². The van der Waals surface area contributed by atoms with E-state index in [-0.39, 0.29) is 11.4 Å². The Hall–Kier alpha value is -1.21. The van der Waals surface area contributed by atoms with Crippen LogP contribution in [0.5, 0.6) is 0 Å². The highest BCUT2D eigenvalue weighted by molar-refractivity contribution is 5.47. The zero-order valence-electron chi connectivity index (χ0n) is 18.6. The minimum Gasteiger partial charge on any atom is -0.389 e. The van der Waals surface area contributed by atoms with Crippen LogP contribution in [0.25, 0.3) is 0 Å². The molecule has 172 valence electrons. The number of piperazine rings is 1. The number of benzene rings is 1. The van der Waals surface area contributed by atoms with Crippen LogP contribution in [0.15, 0.2) is 24.3 Å². The minimum atomic E-state index is -0.500. The second-order valence-electron chi connectivity index (χ2n) is 10.4.